The fourth-order valence-corrected chi connectivity index (χ4v) is 2.25. The number of hydrogen-bond acceptors (Lipinski definition) is 2. The van der Waals surface area contributed by atoms with Crippen molar-refractivity contribution in [2.75, 3.05) is 7.11 Å². The molecule has 1 aliphatic rings. The van der Waals surface area contributed by atoms with Gasteiger partial charge in [0.1, 0.15) is 0 Å². The molecule has 16 heavy (non-hydrogen) atoms. The van der Waals surface area contributed by atoms with E-state index in [1.54, 1.807) is 0 Å². The first-order valence-electron chi connectivity index (χ1n) is 5.87. The molecule has 86 valence electrons. The zero-order valence-corrected chi connectivity index (χ0v) is 9.95. The number of rotatable bonds is 4. The van der Waals surface area contributed by atoms with Crippen LogP contribution in [0, 0.1) is 6.92 Å². The highest BCUT2D eigenvalue weighted by atomic mass is 16.5. The third-order valence-electron chi connectivity index (χ3n) is 3.23. The number of methoxy groups -OCH3 is 1. The van der Waals surface area contributed by atoms with Gasteiger partial charge in [0.05, 0.1) is 7.11 Å². The van der Waals surface area contributed by atoms with Gasteiger partial charge in [0, 0.05) is 6.42 Å². The summed E-state index contributed by atoms with van der Waals surface area (Å²) in [6.07, 6.45) is 3.89. The monoisotopic (exact) mass is 218 g/mol. The van der Waals surface area contributed by atoms with Gasteiger partial charge >= 0.3 is 5.97 Å². The number of ether oxygens (including phenoxy) is 1. The van der Waals surface area contributed by atoms with Gasteiger partial charge in [-0.15, -0.1) is 0 Å². The normalized spacial score (nSPS) is 14.9. The van der Waals surface area contributed by atoms with Crippen LogP contribution in [0.1, 0.15) is 41.9 Å². The van der Waals surface area contributed by atoms with E-state index in [0.29, 0.717) is 6.42 Å². The first kappa shape index (κ1) is 11.2. The van der Waals surface area contributed by atoms with Crippen molar-refractivity contribution >= 4 is 5.97 Å². The minimum absolute atomic E-state index is 0.122. The Hall–Kier alpha value is -1.31. The average molecular weight is 218 g/mol. The summed E-state index contributed by atoms with van der Waals surface area (Å²) in [5, 5.41) is 0. The van der Waals surface area contributed by atoms with E-state index >= 15 is 0 Å². The van der Waals surface area contributed by atoms with Gasteiger partial charge in [0.2, 0.25) is 0 Å². The topological polar surface area (TPSA) is 26.3 Å². The minimum atomic E-state index is -0.122. The number of aryl methyl sites for hydroxylation is 2. The summed E-state index contributed by atoms with van der Waals surface area (Å²) in [6.45, 7) is 2.16. The van der Waals surface area contributed by atoms with Crippen LogP contribution in [-0.2, 0) is 16.0 Å². The Kier molecular flexibility index (Phi) is 3.28. The maximum Gasteiger partial charge on any atom is 0.305 e. The number of hydrogen-bond donors (Lipinski definition) is 0. The van der Waals surface area contributed by atoms with Crippen LogP contribution in [0.4, 0.5) is 0 Å². The molecule has 0 radical (unpaired) electrons. The lowest BCUT2D eigenvalue weighted by molar-refractivity contribution is -0.140. The largest absolute Gasteiger partial charge is 0.469 e. The second kappa shape index (κ2) is 4.69. The van der Waals surface area contributed by atoms with Crippen LogP contribution >= 0.6 is 0 Å². The first-order chi connectivity index (χ1) is 7.72. The predicted octanol–water partition coefficient (Wildman–Crippen LogP) is 2.98. The maximum atomic E-state index is 11.1. The molecule has 0 unspecified atom stereocenters. The van der Waals surface area contributed by atoms with Crippen molar-refractivity contribution in [3.8, 4) is 0 Å². The van der Waals surface area contributed by atoms with Crippen LogP contribution in [0.15, 0.2) is 18.2 Å². The molecule has 1 aromatic rings. The summed E-state index contributed by atoms with van der Waals surface area (Å²) < 4.78 is 4.68. The molecule has 1 saturated carbocycles. The van der Waals surface area contributed by atoms with Gasteiger partial charge in [-0.05, 0) is 48.8 Å². The van der Waals surface area contributed by atoms with Crippen molar-refractivity contribution in [1.29, 1.82) is 0 Å². The summed E-state index contributed by atoms with van der Waals surface area (Å²) in [7, 11) is 1.44. The van der Waals surface area contributed by atoms with E-state index in [-0.39, 0.29) is 5.97 Å². The van der Waals surface area contributed by atoms with Crippen molar-refractivity contribution in [2.45, 2.75) is 38.5 Å². The van der Waals surface area contributed by atoms with Crippen LogP contribution < -0.4 is 0 Å². The highest BCUT2D eigenvalue weighted by Gasteiger charge is 2.27. The molecule has 0 spiro atoms. The molecule has 1 aliphatic carbocycles. The molecule has 2 heteroatoms. The van der Waals surface area contributed by atoms with E-state index < -0.39 is 0 Å². The second-order valence-electron chi connectivity index (χ2n) is 4.50. The Balaban J connectivity index is 2.13. The molecule has 1 fully saturated rings. The summed E-state index contributed by atoms with van der Waals surface area (Å²) >= 11 is 0. The van der Waals surface area contributed by atoms with E-state index in [1.165, 1.54) is 36.6 Å². The molecule has 0 amide bonds. The second-order valence-corrected chi connectivity index (χ2v) is 4.50. The standard InChI is InChI=1S/C14H18O2/c1-10-4-3-5-11(8-9-13(15)16-2)14(10)12-6-7-12/h3-5,12H,6-9H2,1-2H3. The van der Waals surface area contributed by atoms with Crippen LogP contribution in [0.25, 0.3) is 0 Å². The summed E-state index contributed by atoms with van der Waals surface area (Å²) in [5.41, 5.74) is 4.17. The fraction of sp³-hybridized carbons (Fsp3) is 0.500. The lowest BCUT2D eigenvalue weighted by atomic mass is 9.95. The van der Waals surface area contributed by atoms with E-state index in [0.717, 1.165) is 12.3 Å². The first-order valence-corrected chi connectivity index (χ1v) is 5.87. The van der Waals surface area contributed by atoms with Gasteiger partial charge in [-0.25, -0.2) is 0 Å². The van der Waals surface area contributed by atoms with Crippen molar-refractivity contribution < 1.29 is 9.53 Å². The Labute approximate surface area is 96.6 Å². The highest BCUT2D eigenvalue weighted by molar-refractivity contribution is 5.69. The van der Waals surface area contributed by atoms with E-state index in [4.69, 9.17) is 0 Å². The third-order valence-corrected chi connectivity index (χ3v) is 3.23. The minimum Gasteiger partial charge on any atom is -0.469 e. The van der Waals surface area contributed by atoms with Crippen LogP contribution in [0.3, 0.4) is 0 Å². The van der Waals surface area contributed by atoms with Crippen LogP contribution in [0.5, 0.6) is 0 Å². The molecule has 0 atom stereocenters. The Morgan fingerprint density at radius 1 is 1.44 bits per heavy atom. The SMILES string of the molecule is COC(=O)CCc1cccc(C)c1C1CC1. The van der Waals surface area contributed by atoms with Gasteiger partial charge in [-0.1, -0.05) is 18.2 Å². The quantitative estimate of drug-likeness (QED) is 0.726. The zero-order valence-electron chi connectivity index (χ0n) is 9.95. The number of carbonyl (C=O) groups is 1. The lowest BCUT2D eigenvalue weighted by Gasteiger charge is -2.11. The molecular formula is C14H18O2. The maximum absolute atomic E-state index is 11.1. The predicted molar refractivity (Wildman–Crippen MR) is 63.5 cm³/mol. The molecule has 2 nitrogen and oxygen atoms in total. The molecule has 0 saturated heterocycles. The highest BCUT2D eigenvalue weighted by Crippen LogP contribution is 2.43. The van der Waals surface area contributed by atoms with Crippen LogP contribution in [-0.4, -0.2) is 13.1 Å². The molecule has 2 rings (SSSR count). The van der Waals surface area contributed by atoms with Crippen molar-refractivity contribution in [3.05, 3.63) is 34.9 Å². The van der Waals surface area contributed by atoms with Crippen LogP contribution in [0.2, 0.25) is 0 Å². The Morgan fingerprint density at radius 2 is 2.19 bits per heavy atom. The molecule has 0 heterocycles. The number of esters is 1. The van der Waals surface area contributed by atoms with E-state index in [9.17, 15) is 4.79 Å². The van der Waals surface area contributed by atoms with Crippen molar-refractivity contribution in [1.82, 2.24) is 0 Å². The Morgan fingerprint density at radius 3 is 2.81 bits per heavy atom. The summed E-state index contributed by atoms with van der Waals surface area (Å²) in [4.78, 5) is 11.1. The Bertz CT molecular complexity index is 392. The number of benzene rings is 1. The van der Waals surface area contributed by atoms with Gasteiger partial charge in [-0.2, -0.15) is 0 Å². The molecular weight excluding hydrogens is 200 g/mol. The van der Waals surface area contributed by atoms with Gasteiger partial charge in [-0.3, -0.25) is 4.79 Å². The fourth-order valence-electron chi connectivity index (χ4n) is 2.25. The summed E-state index contributed by atoms with van der Waals surface area (Å²) in [5.74, 6) is 0.622. The van der Waals surface area contributed by atoms with Gasteiger partial charge < -0.3 is 4.74 Å². The molecule has 0 aromatic heterocycles. The molecule has 0 N–H and O–H groups in total. The van der Waals surface area contributed by atoms with Crippen molar-refractivity contribution in [3.63, 3.8) is 0 Å². The van der Waals surface area contributed by atoms with Gasteiger partial charge in [0.25, 0.3) is 0 Å². The van der Waals surface area contributed by atoms with Gasteiger partial charge in [0.15, 0.2) is 0 Å². The number of carbonyl (C=O) groups excluding carboxylic acids is 1. The lowest BCUT2D eigenvalue weighted by Crippen LogP contribution is -2.04. The summed E-state index contributed by atoms with van der Waals surface area (Å²) in [6, 6.07) is 6.38. The molecule has 0 aliphatic heterocycles. The average Bonchev–Trinajstić information content (AvgIpc) is 3.09. The van der Waals surface area contributed by atoms with E-state index in [2.05, 4.69) is 29.9 Å². The van der Waals surface area contributed by atoms with E-state index in [1.807, 2.05) is 0 Å². The third kappa shape index (κ3) is 2.43. The molecule has 1 aromatic carbocycles. The smallest absolute Gasteiger partial charge is 0.305 e. The molecule has 0 bridgehead atoms. The van der Waals surface area contributed by atoms with Crippen molar-refractivity contribution in [2.24, 2.45) is 0 Å². The zero-order chi connectivity index (χ0) is 11.5.